The van der Waals surface area contributed by atoms with Gasteiger partial charge in [0.05, 0.1) is 12.0 Å². The van der Waals surface area contributed by atoms with Crippen LogP contribution in [-0.2, 0) is 10.2 Å². The average molecular weight is 577 g/mol. The number of aromatic nitrogens is 3. The van der Waals surface area contributed by atoms with E-state index in [2.05, 4.69) is 35.9 Å². The number of amides is 1. The van der Waals surface area contributed by atoms with Crippen LogP contribution in [0.15, 0.2) is 64.6 Å². The molecule has 1 saturated heterocycles. The smallest absolute Gasteiger partial charge is 0.329 e. The predicted molar refractivity (Wildman–Crippen MR) is 153 cm³/mol. The lowest BCUT2D eigenvalue weighted by Gasteiger charge is -2.38. The number of carbonyl (C=O) groups is 2. The van der Waals surface area contributed by atoms with Crippen molar-refractivity contribution in [2.24, 2.45) is 5.92 Å². The van der Waals surface area contributed by atoms with Crippen molar-refractivity contribution in [3.05, 3.63) is 88.0 Å². The van der Waals surface area contributed by atoms with Crippen LogP contribution in [0.4, 0.5) is 4.39 Å². The molecule has 2 aromatic heterocycles. The number of benzene rings is 2. The number of carbonyl (C=O) groups excluding carboxylic acids is 1. The fourth-order valence-corrected chi connectivity index (χ4v) is 6.51. The summed E-state index contributed by atoms with van der Waals surface area (Å²) >= 11 is 1.35. The first-order chi connectivity index (χ1) is 19.4. The van der Waals surface area contributed by atoms with Gasteiger partial charge in [-0.15, -0.1) is 11.3 Å². The number of carboxylic acid groups (broad SMARTS) is 1. The van der Waals surface area contributed by atoms with Crippen LogP contribution in [0, 0.1) is 11.7 Å². The molecular weight excluding hydrogens is 543 g/mol. The van der Waals surface area contributed by atoms with Gasteiger partial charge in [0.15, 0.2) is 0 Å². The van der Waals surface area contributed by atoms with Crippen molar-refractivity contribution in [1.29, 1.82) is 0 Å². The van der Waals surface area contributed by atoms with E-state index >= 15 is 0 Å². The largest absolute Gasteiger partial charge is 0.479 e. The Morgan fingerprint density at radius 3 is 2.39 bits per heavy atom. The van der Waals surface area contributed by atoms with Crippen LogP contribution in [-0.4, -0.2) is 42.5 Å². The molecule has 1 aliphatic rings. The Hall–Kier alpha value is -3.92. The standard InChI is InChI=1S/C31H33FN4O4S/c1-18(2)16-31(29(38)39)17-23(26-34-25(35-40-26)19-8-12-22(32)13-9-19)24(27-33-14-15-41-27)36(31)28(37)20-6-10-21(11-7-20)30(3,4)5/h6-15,18,23-24H,16-17H2,1-5H3,(H,38,39)/t23-,24+,31-/m0/s1. The lowest BCUT2D eigenvalue weighted by molar-refractivity contribution is -0.150. The van der Waals surface area contributed by atoms with Crippen molar-refractivity contribution in [1.82, 2.24) is 20.0 Å². The van der Waals surface area contributed by atoms with E-state index in [4.69, 9.17) is 4.52 Å². The number of hydrogen-bond acceptors (Lipinski definition) is 7. The first kappa shape index (κ1) is 28.6. The molecule has 8 nitrogen and oxygen atoms in total. The Labute approximate surface area is 242 Å². The lowest BCUT2D eigenvalue weighted by atomic mass is 9.83. The molecule has 3 atom stereocenters. The van der Waals surface area contributed by atoms with Crippen LogP contribution in [0.2, 0.25) is 0 Å². The number of halogens is 1. The Kier molecular flexibility index (Phi) is 7.54. The van der Waals surface area contributed by atoms with Crippen molar-refractivity contribution in [3.63, 3.8) is 0 Å². The number of aliphatic carboxylic acids is 1. The van der Waals surface area contributed by atoms with Gasteiger partial charge in [0.2, 0.25) is 11.7 Å². The van der Waals surface area contributed by atoms with Gasteiger partial charge in [-0.05, 0) is 66.1 Å². The summed E-state index contributed by atoms with van der Waals surface area (Å²) in [4.78, 5) is 38.2. The van der Waals surface area contributed by atoms with Crippen LogP contribution >= 0.6 is 11.3 Å². The summed E-state index contributed by atoms with van der Waals surface area (Å²) in [5, 5.41) is 17.3. The molecule has 0 bridgehead atoms. The minimum Gasteiger partial charge on any atom is -0.479 e. The van der Waals surface area contributed by atoms with Crippen molar-refractivity contribution in [3.8, 4) is 11.4 Å². The molecule has 0 radical (unpaired) electrons. The summed E-state index contributed by atoms with van der Waals surface area (Å²) in [6.45, 7) is 10.2. The van der Waals surface area contributed by atoms with Gasteiger partial charge in [0.1, 0.15) is 16.4 Å². The first-order valence-corrected chi connectivity index (χ1v) is 14.5. The lowest BCUT2D eigenvalue weighted by Crippen LogP contribution is -2.54. The predicted octanol–water partition coefficient (Wildman–Crippen LogP) is 6.87. The van der Waals surface area contributed by atoms with Gasteiger partial charge in [0, 0.05) is 22.7 Å². The summed E-state index contributed by atoms with van der Waals surface area (Å²) in [5.74, 6) is -2.07. The normalized spacial score (nSPS) is 21.0. The van der Waals surface area contributed by atoms with Crippen molar-refractivity contribution in [2.75, 3.05) is 0 Å². The third-order valence-corrected chi connectivity index (χ3v) is 8.45. The zero-order valence-corrected chi connectivity index (χ0v) is 24.5. The van der Waals surface area contributed by atoms with Gasteiger partial charge in [-0.1, -0.05) is 51.9 Å². The maximum Gasteiger partial charge on any atom is 0.329 e. The zero-order chi connectivity index (χ0) is 29.5. The van der Waals surface area contributed by atoms with E-state index in [1.807, 2.05) is 26.0 Å². The highest BCUT2D eigenvalue weighted by molar-refractivity contribution is 7.09. The summed E-state index contributed by atoms with van der Waals surface area (Å²) in [6, 6.07) is 12.3. The molecule has 1 fully saturated rings. The average Bonchev–Trinajstić information content (AvgIpc) is 3.67. The fraction of sp³-hybridized carbons (Fsp3) is 0.387. The molecule has 214 valence electrons. The molecule has 5 rings (SSSR count). The SMILES string of the molecule is CC(C)C[C@@]1(C(=O)O)C[C@H](c2nc(-c3ccc(F)cc3)no2)[C@H](c2nccs2)N1C(=O)c1ccc(C(C)(C)C)cc1. The minimum atomic E-state index is -1.54. The van der Waals surface area contributed by atoms with Gasteiger partial charge < -0.3 is 14.5 Å². The Bertz CT molecular complexity index is 1530. The van der Waals surface area contributed by atoms with Gasteiger partial charge in [-0.3, -0.25) is 4.79 Å². The van der Waals surface area contributed by atoms with Gasteiger partial charge >= 0.3 is 5.97 Å². The third-order valence-electron chi connectivity index (χ3n) is 7.60. The molecule has 2 aromatic carbocycles. The van der Waals surface area contributed by atoms with Crippen molar-refractivity contribution >= 4 is 23.2 Å². The van der Waals surface area contributed by atoms with Crippen LogP contribution in [0.5, 0.6) is 0 Å². The molecule has 3 heterocycles. The number of rotatable bonds is 7. The third kappa shape index (κ3) is 5.40. The Balaban J connectivity index is 1.64. The molecule has 41 heavy (non-hydrogen) atoms. The Morgan fingerprint density at radius 2 is 1.83 bits per heavy atom. The molecule has 0 spiro atoms. The Morgan fingerprint density at radius 1 is 1.15 bits per heavy atom. The van der Waals surface area contributed by atoms with E-state index in [0.717, 1.165) is 5.56 Å². The second-order valence-corrected chi connectivity index (χ2v) is 13.0. The number of likely N-dealkylation sites (tertiary alicyclic amines) is 1. The molecule has 0 unspecified atom stereocenters. The molecule has 1 N–H and O–H groups in total. The van der Waals surface area contributed by atoms with E-state index in [0.29, 0.717) is 16.1 Å². The van der Waals surface area contributed by atoms with Crippen LogP contribution < -0.4 is 0 Å². The molecule has 0 aliphatic carbocycles. The number of thiazole rings is 1. The number of hydrogen-bond donors (Lipinski definition) is 1. The van der Waals surface area contributed by atoms with Gasteiger partial charge in [-0.25, -0.2) is 14.2 Å². The quantitative estimate of drug-likeness (QED) is 0.256. The maximum absolute atomic E-state index is 14.4. The number of carboxylic acids is 1. The summed E-state index contributed by atoms with van der Waals surface area (Å²) in [6.07, 6.45) is 1.94. The monoisotopic (exact) mass is 576 g/mol. The molecular formula is C31H33FN4O4S. The van der Waals surface area contributed by atoms with E-state index < -0.39 is 29.4 Å². The van der Waals surface area contributed by atoms with Crippen molar-refractivity contribution < 1.29 is 23.6 Å². The fourth-order valence-electron chi connectivity index (χ4n) is 5.71. The van der Waals surface area contributed by atoms with Gasteiger partial charge in [-0.2, -0.15) is 4.98 Å². The van der Waals surface area contributed by atoms with Crippen LogP contribution in [0.3, 0.4) is 0 Å². The van der Waals surface area contributed by atoms with E-state index in [9.17, 15) is 19.1 Å². The molecule has 1 aliphatic heterocycles. The minimum absolute atomic E-state index is 0.0298. The maximum atomic E-state index is 14.4. The molecule has 4 aromatic rings. The van der Waals surface area contributed by atoms with Gasteiger partial charge in [0.25, 0.3) is 5.91 Å². The molecule has 10 heteroatoms. The van der Waals surface area contributed by atoms with E-state index in [1.165, 1.54) is 28.4 Å². The first-order valence-electron chi connectivity index (χ1n) is 13.6. The topological polar surface area (TPSA) is 109 Å². The van der Waals surface area contributed by atoms with Crippen molar-refractivity contribution in [2.45, 2.75) is 70.4 Å². The highest BCUT2D eigenvalue weighted by Gasteiger charge is 2.61. The second-order valence-electron chi connectivity index (χ2n) is 12.0. The summed E-state index contributed by atoms with van der Waals surface area (Å²) in [7, 11) is 0. The van der Waals surface area contributed by atoms with E-state index in [1.54, 1.807) is 35.8 Å². The zero-order valence-electron chi connectivity index (χ0n) is 23.7. The molecule has 1 amide bonds. The second kappa shape index (κ2) is 10.8. The highest BCUT2D eigenvalue weighted by Crippen LogP contribution is 2.54. The summed E-state index contributed by atoms with van der Waals surface area (Å²) in [5.41, 5.74) is 0.373. The summed E-state index contributed by atoms with van der Waals surface area (Å²) < 4.78 is 19.2. The number of nitrogens with zero attached hydrogens (tertiary/aromatic N) is 4. The van der Waals surface area contributed by atoms with Crippen LogP contribution in [0.1, 0.15) is 86.2 Å². The molecule has 0 saturated carbocycles. The van der Waals surface area contributed by atoms with E-state index in [-0.39, 0.29) is 41.7 Å². The highest BCUT2D eigenvalue weighted by atomic mass is 32.1. The van der Waals surface area contributed by atoms with Crippen LogP contribution in [0.25, 0.3) is 11.4 Å².